The molecule has 0 saturated carbocycles. The van der Waals surface area contributed by atoms with Crippen LogP contribution in [-0.4, -0.2) is 16.6 Å². The SMILES string of the molecule is O=Cc1cc(Cl)c(OCc2cccc(-c3cccc(F)c3)c2Br)cc1OCc1ccc2nonc2c1. The Bertz CT molecular complexity index is 1570. The Kier molecular flexibility index (Phi) is 6.97. The van der Waals surface area contributed by atoms with Gasteiger partial charge in [-0.15, -0.1) is 0 Å². The summed E-state index contributed by atoms with van der Waals surface area (Å²) in [4.78, 5) is 11.6. The molecule has 0 amide bonds. The molecule has 36 heavy (non-hydrogen) atoms. The molecule has 180 valence electrons. The summed E-state index contributed by atoms with van der Waals surface area (Å²) in [5, 5.41) is 7.88. The monoisotopic (exact) mass is 566 g/mol. The van der Waals surface area contributed by atoms with E-state index < -0.39 is 0 Å². The second-order valence-electron chi connectivity index (χ2n) is 7.89. The van der Waals surface area contributed by atoms with Gasteiger partial charge in [0.2, 0.25) is 0 Å². The minimum Gasteiger partial charge on any atom is -0.488 e. The van der Waals surface area contributed by atoms with Gasteiger partial charge in [0, 0.05) is 16.1 Å². The van der Waals surface area contributed by atoms with Gasteiger partial charge < -0.3 is 9.47 Å². The molecule has 1 aromatic heterocycles. The predicted molar refractivity (Wildman–Crippen MR) is 137 cm³/mol. The van der Waals surface area contributed by atoms with Crippen LogP contribution in [-0.2, 0) is 13.2 Å². The fourth-order valence-electron chi connectivity index (χ4n) is 3.68. The number of fused-ring (bicyclic) bond motifs is 1. The Morgan fingerprint density at radius 3 is 2.56 bits per heavy atom. The van der Waals surface area contributed by atoms with E-state index in [4.69, 9.17) is 25.7 Å². The molecule has 0 saturated heterocycles. The van der Waals surface area contributed by atoms with Crippen LogP contribution in [0.5, 0.6) is 11.5 Å². The van der Waals surface area contributed by atoms with Gasteiger partial charge in [-0.25, -0.2) is 9.02 Å². The minimum absolute atomic E-state index is 0.180. The summed E-state index contributed by atoms with van der Waals surface area (Å²) < 4.78 is 31.1. The first-order valence-electron chi connectivity index (χ1n) is 10.8. The largest absolute Gasteiger partial charge is 0.488 e. The van der Waals surface area contributed by atoms with Gasteiger partial charge in [-0.2, -0.15) is 0 Å². The van der Waals surface area contributed by atoms with Crippen molar-refractivity contribution in [2.24, 2.45) is 0 Å². The fourth-order valence-corrected chi connectivity index (χ4v) is 4.52. The van der Waals surface area contributed by atoms with Gasteiger partial charge in [-0.1, -0.05) is 48.0 Å². The van der Waals surface area contributed by atoms with E-state index in [1.807, 2.05) is 30.3 Å². The van der Waals surface area contributed by atoms with Crippen molar-refractivity contribution < 1.29 is 23.3 Å². The molecule has 5 rings (SSSR count). The lowest BCUT2D eigenvalue weighted by Crippen LogP contribution is -2.02. The van der Waals surface area contributed by atoms with E-state index in [-0.39, 0.29) is 24.1 Å². The van der Waals surface area contributed by atoms with Gasteiger partial charge in [0.25, 0.3) is 0 Å². The highest BCUT2D eigenvalue weighted by Gasteiger charge is 2.14. The first-order valence-corrected chi connectivity index (χ1v) is 12.0. The molecule has 0 aliphatic rings. The third-order valence-electron chi connectivity index (χ3n) is 5.50. The Hall–Kier alpha value is -3.75. The summed E-state index contributed by atoms with van der Waals surface area (Å²) >= 11 is 10.00. The lowest BCUT2D eigenvalue weighted by atomic mass is 10.0. The van der Waals surface area contributed by atoms with E-state index in [1.54, 1.807) is 24.3 Å². The summed E-state index contributed by atoms with van der Waals surface area (Å²) in [6.45, 7) is 0.366. The van der Waals surface area contributed by atoms with Crippen LogP contribution in [0.1, 0.15) is 21.5 Å². The highest BCUT2D eigenvalue weighted by molar-refractivity contribution is 9.10. The molecule has 6 nitrogen and oxygen atoms in total. The van der Waals surface area contributed by atoms with Crippen molar-refractivity contribution in [3.63, 3.8) is 0 Å². The van der Waals surface area contributed by atoms with Gasteiger partial charge in [0.15, 0.2) is 6.29 Å². The van der Waals surface area contributed by atoms with E-state index >= 15 is 0 Å². The standard InChI is InChI=1S/C27H17BrClFN2O4/c28-27-18(4-2-6-21(27)17-3-1-5-20(30)10-17)15-35-26-12-25(19(13-33)11-22(26)29)34-14-16-7-8-23-24(9-16)32-36-31-23/h1-13H,14-15H2. The van der Waals surface area contributed by atoms with Gasteiger partial charge in [-0.3, -0.25) is 4.79 Å². The topological polar surface area (TPSA) is 74.5 Å². The molecule has 1 heterocycles. The van der Waals surface area contributed by atoms with Crippen molar-refractivity contribution in [3.8, 4) is 22.6 Å². The van der Waals surface area contributed by atoms with E-state index in [9.17, 15) is 9.18 Å². The van der Waals surface area contributed by atoms with Crippen molar-refractivity contribution in [1.82, 2.24) is 10.3 Å². The van der Waals surface area contributed by atoms with Gasteiger partial charge in [0.1, 0.15) is 41.6 Å². The molecular formula is C27H17BrClFN2O4. The second-order valence-corrected chi connectivity index (χ2v) is 9.09. The van der Waals surface area contributed by atoms with Gasteiger partial charge in [-0.05, 0) is 73.3 Å². The van der Waals surface area contributed by atoms with E-state index in [0.717, 1.165) is 26.7 Å². The van der Waals surface area contributed by atoms with E-state index in [2.05, 4.69) is 26.2 Å². The minimum atomic E-state index is -0.312. The van der Waals surface area contributed by atoms with Crippen LogP contribution in [0.15, 0.2) is 81.9 Å². The van der Waals surface area contributed by atoms with Crippen molar-refractivity contribution in [3.05, 3.63) is 105 Å². The molecule has 0 aliphatic heterocycles. The van der Waals surface area contributed by atoms with E-state index in [1.165, 1.54) is 18.2 Å². The average molecular weight is 568 g/mol. The van der Waals surface area contributed by atoms with Crippen molar-refractivity contribution >= 4 is 44.9 Å². The predicted octanol–water partition coefficient (Wildman–Crippen LogP) is 7.42. The third-order valence-corrected chi connectivity index (χ3v) is 6.73. The average Bonchev–Trinajstić information content (AvgIpc) is 3.35. The van der Waals surface area contributed by atoms with Crippen molar-refractivity contribution in [2.45, 2.75) is 13.2 Å². The molecule has 0 aliphatic carbocycles. The maximum absolute atomic E-state index is 13.7. The summed E-state index contributed by atoms with van der Waals surface area (Å²) in [7, 11) is 0. The zero-order valence-electron chi connectivity index (χ0n) is 18.6. The smallest absolute Gasteiger partial charge is 0.153 e. The molecule has 0 fully saturated rings. The van der Waals surface area contributed by atoms with Crippen LogP contribution in [0.25, 0.3) is 22.2 Å². The fraction of sp³-hybridized carbons (Fsp3) is 0.0741. The highest BCUT2D eigenvalue weighted by atomic mass is 79.9. The molecule has 5 aromatic rings. The quantitative estimate of drug-likeness (QED) is 0.182. The Morgan fingerprint density at radius 1 is 0.917 bits per heavy atom. The molecular weight excluding hydrogens is 551 g/mol. The number of ether oxygens (including phenoxy) is 2. The zero-order valence-corrected chi connectivity index (χ0v) is 20.9. The Labute approximate surface area is 218 Å². The van der Waals surface area contributed by atoms with Crippen LogP contribution in [0, 0.1) is 5.82 Å². The van der Waals surface area contributed by atoms with Crippen LogP contribution in [0.4, 0.5) is 4.39 Å². The number of aromatic nitrogens is 2. The summed E-state index contributed by atoms with van der Waals surface area (Å²) in [5.74, 6) is 0.375. The van der Waals surface area contributed by atoms with Crippen LogP contribution in [0.2, 0.25) is 5.02 Å². The number of carbonyl (C=O) groups is 1. The summed E-state index contributed by atoms with van der Waals surface area (Å²) in [6, 6.07) is 20.5. The number of aldehydes is 1. The number of benzene rings is 4. The number of carbonyl (C=O) groups excluding carboxylic acids is 1. The number of nitrogens with zero attached hydrogens (tertiary/aromatic N) is 2. The molecule has 0 N–H and O–H groups in total. The molecule has 0 atom stereocenters. The lowest BCUT2D eigenvalue weighted by Gasteiger charge is -2.15. The molecule has 0 bridgehead atoms. The third kappa shape index (κ3) is 5.10. The van der Waals surface area contributed by atoms with Crippen LogP contribution in [0.3, 0.4) is 0 Å². The van der Waals surface area contributed by atoms with Crippen LogP contribution >= 0.6 is 27.5 Å². The normalized spacial score (nSPS) is 11.0. The molecule has 9 heteroatoms. The number of rotatable bonds is 8. The highest BCUT2D eigenvalue weighted by Crippen LogP contribution is 2.35. The van der Waals surface area contributed by atoms with Gasteiger partial charge in [0.05, 0.1) is 10.6 Å². The first kappa shape index (κ1) is 24.0. The maximum atomic E-state index is 13.7. The van der Waals surface area contributed by atoms with Crippen molar-refractivity contribution in [2.75, 3.05) is 0 Å². The number of halogens is 3. The number of hydrogen-bond donors (Lipinski definition) is 0. The molecule has 4 aromatic carbocycles. The summed E-state index contributed by atoms with van der Waals surface area (Å²) in [6.07, 6.45) is 0.675. The Morgan fingerprint density at radius 2 is 1.72 bits per heavy atom. The molecule has 0 unspecified atom stereocenters. The van der Waals surface area contributed by atoms with Crippen molar-refractivity contribution in [1.29, 1.82) is 0 Å². The van der Waals surface area contributed by atoms with E-state index in [0.29, 0.717) is 34.4 Å². The first-order chi connectivity index (χ1) is 17.5. The number of hydrogen-bond acceptors (Lipinski definition) is 6. The summed E-state index contributed by atoms with van der Waals surface area (Å²) in [5.41, 5.74) is 4.79. The zero-order chi connectivity index (χ0) is 25.1. The lowest BCUT2D eigenvalue weighted by molar-refractivity contribution is 0.111. The Balaban J connectivity index is 1.35. The van der Waals surface area contributed by atoms with Crippen LogP contribution < -0.4 is 9.47 Å². The molecule has 0 radical (unpaired) electrons. The molecule has 0 spiro atoms. The van der Waals surface area contributed by atoms with Gasteiger partial charge >= 0.3 is 0 Å². The second kappa shape index (κ2) is 10.5. The maximum Gasteiger partial charge on any atom is 0.153 e.